The highest BCUT2D eigenvalue weighted by molar-refractivity contribution is 9.10. The molecule has 0 amide bonds. The second kappa shape index (κ2) is 14.7. The summed E-state index contributed by atoms with van der Waals surface area (Å²) in [5, 5.41) is 0.465. The van der Waals surface area contributed by atoms with Crippen LogP contribution in [0.3, 0.4) is 0 Å². The van der Waals surface area contributed by atoms with Crippen molar-refractivity contribution in [2.24, 2.45) is 0 Å². The van der Waals surface area contributed by atoms with E-state index in [2.05, 4.69) is 98.6 Å². The molecule has 11 heteroatoms. The van der Waals surface area contributed by atoms with Gasteiger partial charge in [0.15, 0.2) is 16.6 Å². The van der Waals surface area contributed by atoms with Gasteiger partial charge in [-0.15, -0.1) is 0 Å². The van der Waals surface area contributed by atoms with Crippen molar-refractivity contribution in [1.82, 2.24) is 19.5 Å². The number of halogens is 1. The molecule has 0 N–H and O–H groups in total. The first kappa shape index (κ1) is 34.1. The molecular formula is C29H47BrN4O4Si2. The minimum Gasteiger partial charge on any atom is -0.490 e. The highest BCUT2D eigenvalue weighted by atomic mass is 79.9. The van der Waals surface area contributed by atoms with Gasteiger partial charge in [0.05, 0.1) is 25.6 Å². The largest absolute Gasteiger partial charge is 0.490 e. The Morgan fingerprint density at radius 3 is 1.60 bits per heavy atom. The Kier molecular flexibility index (Phi) is 12.6. The van der Waals surface area contributed by atoms with Gasteiger partial charge < -0.3 is 18.3 Å². The summed E-state index contributed by atoms with van der Waals surface area (Å²) < 4.78 is 26.0. The Hall–Kier alpha value is -2.06. The number of rotatable bonds is 11. The maximum Gasteiger partial charge on any atom is 0.192 e. The molecule has 3 aromatic heterocycles. The fraction of sp³-hybridized carbons (Fsp3) is 0.552. The van der Waals surface area contributed by atoms with Crippen molar-refractivity contribution >= 4 is 32.6 Å². The molecule has 0 fully saturated rings. The average Bonchev–Trinajstić information content (AvgIpc) is 3.40. The van der Waals surface area contributed by atoms with Crippen LogP contribution in [-0.4, -0.2) is 62.6 Å². The lowest BCUT2D eigenvalue weighted by atomic mass is 10.2. The normalized spacial score (nSPS) is 12.5. The van der Waals surface area contributed by atoms with Gasteiger partial charge in [-0.05, 0) is 76.5 Å². The second-order valence-electron chi connectivity index (χ2n) is 12.6. The summed E-state index contributed by atoms with van der Waals surface area (Å²) in [7, 11) is -3.35. The monoisotopic (exact) mass is 650 g/mol. The molecule has 0 aliphatic rings. The third-order valence-electron chi connectivity index (χ3n) is 7.43. The number of hydrogen-bond donors (Lipinski definition) is 0. The smallest absolute Gasteiger partial charge is 0.192 e. The van der Waals surface area contributed by atoms with Gasteiger partial charge in [-0.2, -0.15) is 0 Å². The predicted octanol–water partition coefficient (Wildman–Crippen LogP) is 7.91. The van der Waals surface area contributed by atoms with E-state index in [0.717, 1.165) is 21.9 Å². The zero-order valence-electron chi connectivity index (χ0n) is 25.8. The van der Waals surface area contributed by atoms with Crippen molar-refractivity contribution < 1.29 is 18.3 Å². The summed E-state index contributed by atoms with van der Waals surface area (Å²) in [6.45, 7) is 24.7. The summed E-state index contributed by atoms with van der Waals surface area (Å²) >= 11 is 3.29. The first-order valence-corrected chi connectivity index (χ1v) is 20.2. The van der Waals surface area contributed by atoms with E-state index in [-0.39, 0.29) is 10.1 Å². The van der Waals surface area contributed by atoms with Gasteiger partial charge in [0.1, 0.15) is 41.5 Å². The lowest BCUT2D eigenvalue weighted by Gasteiger charge is -2.36. The van der Waals surface area contributed by atoms with Crippen LogP contribution in [-0.2, 0) is 8.85 Å². The topological polar surface area (TPSA) is 80.5 Å². The molecule has 0 aliphatic heterocycles. The molecule has 0 radical (unpaired) electrons. The van der Waals surface area contributed by atoms with Crippen LogP contribution in [0, 0.1) is 0 Å². The molecule has 222 valence electrons. The minimum atomic E-state index is -1.69. The Bertz CT molecular complexity index is 1130. The zero-order chi connectivity index (χ0) is 30.0. The molecule has 3 rings (SSSR count). The van der Waals surface area contributed by atoms with Crippen molar-refractivity contribution in [3.8, 4) is 17.3 Å². The van der Waals surface area contributed by atoms with Crippen LogP contribution in [0.15, 0.2) is 60.0 Å². The third kappa shape index (κ3) is 11.1. The van der Waals surface area contributed by atoms with E-state index in [4.69, 9.17) is 18.3 Å². The number of pyridine rings is 2. The Labute approximate surface area is 251 Å². The van der Waals surface area contributed by atoms with Crippen LogP contribution in [0.4, 0.5) is 0 Å². The summed E-state index contributed by atoms with van der Waals surface area (Å²) in [5.74, 6) is 2.35. The third-order valence-corrected chi connectivity index (χ3v) is 17.0. The molecule has 3 heterocycles. The molecule has 0 saturated carbocycles. The Balaban J connectivity index is 0.000000286. The van der Waals surface area contributed by atoms with E-state index in [9.17, 15) is 0 Å². The van der Waals surface area contributed by atoms with Gasteiger partial charge >= 0.3 is 0 Å². The maximum absolute atomic E-state index is 6.08. The maximum atomic E-state index is 6.08. The lowest BCUT2D eigenvalue weighted by Crippen LogP contribution is -2.41. The van der Waals surface area contributed by atoms with Gasteiger partial charge in [-0.25, -0.2) is 15.0 Å². The number of ether oxygens (including phenoxy) is 2. The number of nitrogens with zero attached hydrogens (tertiary/aromatic N) is 4. The molecule has 0 bridgehead atoms. The SMILES string of the molecule is CC(C)(C)[Si](C)(C)OCCOc1ccc(-n2ccnc2)nc1.CC(C)(C)[Si](C)(C)OCCOc1ccc(Br)nc1. The molecule has 8 nitrogen and oxygen atoms in total. The highest BCUT2D eigenvalue weighted by Crippen LogP contribution is 2.37. The first-order valence-electron chi connectivity index (χ1n) is 13.6. The fourth-order valence-corrected chi connectivity index (χ4v) is 5.09. The molecule has 3 aromatic rings. The van der Waals surface area contributed by atoms with Crippen LogP contribution in [0.5, 0.6) is 11.5 Å². The van der Waals surface area contributed by atoms with Crippen LogP contribution in [0.25, 0.3) is 5.82 Å². The van der Waals surface area contributed by atoms with E-state index in [1.54, 1.807) is 24.9 Å². The average molecular weight is 652 g/mol. The molecule has 0 saturated heterocycles. The van der Waals surface area contributed by atoms with Gasteiger partial charge in [0.25, 0.3) is 0 Å². The van der Waals surface area contributed by atoms with Crippen molar-refractivity contribution in [3.63, 3.8) is 0 Å². The molecule has 0 atom stereocenters. The van der Waals surface area contributed by atoms with E-state index >= 15 is 0 Å². The highest BCUT2D eigenvalue weighted by Gasteiger charge is 2.37. The summed E-state index contributed by atoms with van der Waals surface area (Å²) in [6, 6.07) is 7.58. The van der Waals surface area contributed by atoms with E-state index in [1.165, 1.54) is 0 Å². The molecule has 0 unspecified atom stereocenters. The number of hydrogen-bond acceptors (Lipinski definition) is 7. The summed E-state index contributed by atoms with van der Waals surface area (Å²) in [6.07, 6.45) is 8.73. The van der Waals surface area contributed by atoms with Crippen molar-refractivity contribution in [2.45, 2.75) is 77.8 Å². The predicted molar refractivity (Wildman–Crippen MR) is 171 cm³/mol. The number of imidazole rings is 1. The van der Waals surface area contributed by atoms with E-state index in [1.807, 2.05) is 35.0 Å². The van der Waals surface area contributed by atoms with Crippen LogP contribution in [0.1, 0.15) is 41.5 Å². The van der Waals surface area contributed by atoms with Crippen LogP contribution >= 0.6 is 15.9 Å². The lowest BCUT2D eigenvalue weighted by molar-refractivity contribution is 0.203. The second-order valence-corrected chi connectivity index (χ2v) is 23.0. The first-order chi connectivity index (χ1) is 18.5. The van der Waals surface area contributed by atoms with Crippen molar-refractivity contribution in [1.29, 1.82) is 0 Å². The fourth-order valence-electron chi connectivity index (χ4n) is 2.80. The van der Waals surface area contributed by atoms with Gasteiger partial charge in [-0.3, -0.25) is 4.57 Å². The molecular weight excluding hydrogens is 604 g/mol. The summed E-state index contributed by atoms with van der Waals surface area (Å²) in [5.41, 5.74) is 0. The zero-order valence-corrected chi connectivity index (χ0v) is 29.4. The number of aromatic nitrogens is 4. The van der Waals surface area contributed by atoms with Gasteiger partial charge in [0.2, 0.25) is 0 Å². The minimum absolute atomic E-state index is 0.223. The Morgan fingerprint density at radius 2 is 1.23 bits per heavy atom. The molecule has 40 heavy (non-hydrogen) atoms. The van der Waals surface area contributed by atoms with Crippen LogP contribution < -0.4 is 9.47 Å². The summed E-state index contributed by atoms with van der Waals surface area (Å²) in [4.78, 5) is 12.5. The van der Waals surface area contributed by atoms with E-state index in [0.29, 0.717) is 26.4 Å². The van der Waals surface area contributed by atoms with Crippen molar-refractivity contribution in [3.05, 3.63) is 60.0 Å². The molecule has 0 spiro atoms. The van der Waals surface area contributed by atoms with Gasteiger partial charge in [-0.1, -0.05) is 41.5 Å². The van der Waals surface area contributed by atoms with Crippen LogP contribution in [0.2, 0.25) is 36.3 Å². The van der Waals surface area contributed by atoms with E-state index < -0.39 is 16.6 Å². The standard InChI is InChI=1S/C16H25N3O2Si.C13H22BrNO2Si/c1-16(2,3)22(4,5)21-11-10-20-14-6-7-15(18-12-14)19-9-8-17-13-19;1-13(2,3)18(4,5)17-9-8-16-11-6-7-12(14)15-10-11/h6-9,12-13H,10-11H2,1-5H3;6-7,10H,8-9H2,1-5H3. The quantitative estimate of drug-likeness (QED) is 0.118. The van der Waals surface area contributed by atoms with Gasteiger partial charge in [0, 0.05) is 12.4 Å². The molecule has 0 aromatic carbocycles. The van der Waals surface area contributed by atoms with Crippen molar-refractivity contribution in [2.75, 3.05) is 26.4 Å². The molecule has 0 aliphatic carbocycles. The Morgan fingerprint density at radius 1 is 0.725 bits per heavy atom.